The number of aliphatic hydroxyl groups excluding tert-OH is 1. The van der Waals surface area contributed by atoms with E-state index in [2.05, 4.69) is 5.32 Å². The molecule has 0 radical (unpaired) electrons. The van der Waals surface area contributed by atoms with E-state index in [0.717, 1.165) is 6.92 Å². The molecule has 1 saturated heterocycles. The lowest BCUT2D eigenvalue weighted by Crippen LogP contribution is -2.49. The normalized spacial score (nSPS) is 28.9. The molecule has 0 aromatic carbocycles. The molecule has 3 amide bonds. The van der Waals surface area contributed by atoms with Crippen molar-refractivity contribution in [1.29, 1.82) is 5.26 Å². The number of primary amides is 1. The van der Waals surface area contributed by atoms with E-state index >= 15 is 0 Å². The van der Waals surface area contributed by atoms with Gasteiger partial charge in [0.15, 0.2) is 0 Å². The number of likely N-dealkylation sites (tertiary alicyclic amines) is 1. The highest BCUT2D eigenvalue weighted by Crippen LogP contribution is 2.73. The summed E-state index contributed by atoms with van der Waals surface area (Å²) in [5.41, 5.74) is 2.94. The zero-order chi connectivity index (χ0) is 20.1. The molecule has 2 saturated carbocycles. The van der Waals surface area contributed by atoms with Crippen molar-refractivity contribution >= 4 is 11.9 Å². The van der Waals surface area contributed by atoms with Gasteiger partial charge in [0.2, 0.25) is 11.8 Å². The average Bonchev–Trinajstić information content (AvgIpc) is 3.49. The van der Waals surface area contributed by atoms with E-state index in [0.29, 0.717) is 45.2 Å². The highest BCUT2D eigenvalue weighted by molar-refractivity contribution is 5.82. The number of aliphatic hydroxyl groups is 1. The maximum absolute atomic E-state index is 13.9. The van der Waals surface area contributed by atoms with Crippen LogP contribution in [0.15, 0.2) is 0 Å². The van der Waals surface area contributed by atoms with E-state index in [1.165, 1.54) is 4.90 Å². The Morgan fingerprint density at radius 1 is 1.33 bits per heavy atom. The fourth-order valence-corrected chi connectivity index (χ4v) is 4.83. The smallest absolute Gasteiger partial charge is 0.314 e. The van der Waals surface area contributed by atoms with Gasteiger partial charge in [0, 0.05) is 24.9 Å². The van der Waals surface area contributed by atoms with E-state index in [9.17, 15) is 28.7 Å². The van der Waals surface area contributed by atoms with Crippen LogP contribution in [0.4, 0.5) is 13.6 Å². The molecule has 0 bridgehead atoms. The topological polar surface area (TPSA) is 119 Å². The molecular weight excluding hydrogens is 358 g/mol. The van der Waals surface area contributed by atoms with Gasteiger partial charge in [-0.05, 0) is 44.4 Å². The quantitative estimate of drug-likeness (QED) is 0.640. The first-order valence-electron chi connectivity index (χ1n) is 9.28. The number of nitrogens with zero attached hydrogens (tertiary/aromatic N) is 2. The van der Waals surface area contributed by atoms with Crippen LogP contribution < -0.4 is 11.1 Å². The van der Waals surface area contributed by atoms with E-state index < -0.39 is 46.6 Å². The van der Waals surface area contributed by atoms with Gasteiger partial charge in [-0.3, -0.25) is 4.79 Å². The molecule has 9 heteroatoms. The van der Waals surface area contributed by atoms with E-state index in [1.807, 2.05) is 6.07 Å². The van der Waals surface area contributed by atoms with Crippen molar-refractivity contribution in [3.8, 4) is 6.07 Å². The first-order valence-corrected chi connectivity index (χ1v) is 9.28. The minimum Gasteiger partial charge on any atom is -0.396 e. The highest BCUT2D eigenvalue weighted by atomic mass is 19.3. The maximum atomic E-state index is 13.9. The van der Waals surface area contributed by atoms with Crippen LogP contribution >= 0.6 is 0 Å². The van der Waals surface area contributed by atoms with Crippen molar-refractivity contribution in [2.24, 2.45) is 22.5 Å². The van der Waals surface area contributed by atoms with Crippen LogP contribution in [0.1, 0.15) is 45.4 Å². The number of rotatable bonds is 6. The number of nitriles is 1. The second-order valence-corrected chi connectivity index (χ2v) is 8.61. The van der Waals surface area contributed by atoms with Gasteiger partial charge in [0.05, 0.1) is 18.6 Å². The number of nitrogens with two attached hydrogens (primary N) is 1. The summed E-state index contributed by atoms with van der Waals surface area (Å²) in [5.74, 6) is -4.75. The number of carbonyl (C=O) groups is 2. The van der Waals surface area contributed by atoms with Crippen molar-refractivity contribution < 1.29 is 23.5 Å². The molecule has 150 valence electrons. The molecule has 0 aromatic heterocycles. The highest BCUT2D eigenvalue weighted by Gasteiger charge is 2.72. The second-order valence-electron chi connectivity index (χ2n) is 8.61. The molecule has 2 aliphatic carbocycles. The largest absolute Gasteiger partial charge is 0.396 e. The fourth-order valence-electron chi connectivity index (χ4n) is 4.83. The molecule has 1 heterocycles. The minimum atomic E-state index is -3.08. The van der Waals surface area contributed by atoms with Crippen LogP contribution in [0.3, 0.4) is 0 Å². The Bertz CT molecular complexity index is 675. The van der Waals surface area contributed by atoms with Crippen LogP contribution in [0.2, 0.25) is 0 Å². The third-order valence-corrected chi connectivity index (χ3v) is 6.77. The summed E-state index contributed by atoms with van der Waals surface area (Å²) in [6.45, 7) is 1.16. The standard InChI is InChI=1S/C18H26F2N4O3/c1-15(19,20)8-12(13(26)23-17(10-21)2-3-17)18(11-25)9-16(18)4-6-24(7-5-16)14(22)27/h12,25H,2-9,11H2,1H3,(H2,22,27)(H,23,26)/t12-,18?/m1/s1. The third kappa shape index (κ3) is 3.47. The SMILES string of the molecule is CC(F)(F)C[C@H](C(=O)NC1(C#N)CC1)C1(CO)CC12CCN(C(N)=O)CC2. The number of hydrogen-bond donors (Lipinski definition) is 3. The average molecular weight is 384 g/mol. The Kier molecular flexibility index (Phi) is 4.62. The van der Waals surface area contributed by atoms with Crippen molar-refractivity contribution in [1.82, 2.24) is 10.2 Å². The number of nitrogens with one attached hydrogen (secondary N) is 1. The zero-order valence-electron chi connectivity index (χ0n) is 15.4. The molecule has 7 nitrogen and oxygen atoms in total. The summed E-state index contributed by atoms with van der Waals surface area (Å²) in [4.78, 5) is 25.7. The van der Waals surface area contributed by atoms with Gasteiger partial charge < -0.3 is 21.1 Å². The van der Waals surface area contributed by atoms with Crippen LogP contribution in [0.25, 0.3) is 0 Å². The molecule has 4 N–H and O–H groups in total. The molecule has 2 atom stereocenters. The number of halogens is 2. The maximum Gasteiger partial charge on any atom is 0.314 e. The van der Waals surface area contributed by atoms with Gasteiger partial charge in [-0.15, -0.1) is 0 Å². The number of carbonyl (C=O) groups excluding carboxylic acids is 2. The predicted molar refractivity (Wildman–Crippen MR) is 91.4 cm³/mol. The number of amides is 3. The van der Waals surface area contributed by atoms with E-state index in [-0.39, 0.29) is 6.61 Å². The molecule has 3 aliphatic rings. The lowest BCUT2D eigenvalue weighted by molar-refractivity contribution is -0.134. The van der Waals surface area contributed by atoms with Gasteiger partial charge in [-0.2, -0.15) is 5.26 Å². The zero-order valence-corrected chi connectivity index (χ0v) is 15.4. The summed E-state index contributed by atoms with van der Waals surface area (Å²) >= 11 is 0. The lowest BCUT2D eigenvalue weighted by atomic mass is 9.74. The van der Waals surface area contributed by atoms with E-state index in [1.54, 1.807) is 0 Å². The number of piperidine rings is 1. The van der Waals surface area contributed by atoms with Crippen molar-refractivity contribution in [3.63, 3.8) is 0 Å². The van der Waals surface area contributed by atoms with Gasteiger partial charge >= 0.3 is 6.03 Å². The number of urea groups is 1. The molecule has 3 rings (SSSR count). The molecular formula is C18H26F2N4O3. The van der Waals surface area contributed by atoms with Gasteiger partial charge in [0.25, 0.3) is 0 Å². The summed E-state index contributed by atoms with van der Waals surface area (Å²) in [6, 6.07) is 1.51. The first kappa shape index (κ1) is 19.8. The Balaban J connectivity index is 1.82. The van der Waals surface area contributed by atoms with Crippen molar-refractivity contribution in [2.75, 3.05) is 19.7 Å². The van der Waals surface area contributed by atoms with Gasteiger partial charge in [0.1, 0.15) is 5.54 Å². The van der Waals surface area contributed by atoms with Crippen LogP contribution in [-0.2, 0) is 4.79 Å². The molecule has 0 aromatic rings. The first-order chi connectivity index (χ1) is 12.5. The summed E-state index contributed by atoms with van der Waals surface area (Å²) in [5, 5.41) is 22.0. The van der Waals surface area contributed by atoms with Crippen LogP contribution in [0, 0.1) is 28.1 Å². The Hall–Kier alpha value is -1.95. The molecule has 27 heavy (non-hydrogen) atoms. The van der Waals surface area contributed by atoms with Crippen molar-refractivity contribution in [3.05, 3.63) is 0 Å². The van der Waals surface area contributed by atoms with Gasteiger partial charge in [-0.1, -0.05) is 0 Å². The van der Waals surface area contributed by atoms with E-state index in [4.69, 9.17) is 5.73 Å². The summed E-state index contributed by atoms with van der Waals surface area (Å²) in [6.07, 6.45) is 1.82. The Labute approximate surface area is 156 Å². The summed E-state index contributed by atoms with van der Waals surface area (Å²) in [7, 11) is 0. The predicted octanol–water partition coefficient (Wildman–Crippen LogP) is 1.36. The minimum absolute atomic E-state index is 0.378. The molecule has 3 fully saturated rings. The number of alkyl halides is 2. The van der Waals surface area contributed by atoms with Crippen LogP contribution in [0.5, 0.6) is 0 Å². The Morgan fingerprint density at radius 3 is 2.33 bits per heavy atom. The Morgan fingerprint density at radius 2 is 1.93 bits per heavy atom. The molecule has 1 unspecified atom stereocenters. The molecule has 1 spiro atoms. The van der Waals surface area contributed by atoms with Gasteiger partial charge in [-0.25, -0.2) is 13.6 Å². The molecule has 1 aliphatic heterocycles. The lowest BCUT2D eigenvalue weighted by Gasteiger charge is -2.37. The summed E-state index contributed by atoms with van der Waals surface area (Å²) < 4.78 is 27.8. The van der Waals surface area contributed by atoms with Crippen molar-refractivity contribution in [2.45, 2.75) is 56.9 Å². The monoisotopic (exact) mass is 384 g/mol. The second kappa shape index (κ2) is 6.30. The fraction of sp³-hybridized carbons (Fsp3) is 0.833. The van der Waals surface area contributed by atoms with Crippen LogP contribution in [-0.4, -0.2) is 53.1 Å². The third-order valence-electron chi connectivity index (χ3n) is 6.77. The number of hydrogen-bond acceptors (Lipinski definition) is 4.